The molecule has 0 heterocycles. The summed E-state index contributed by atoms with van der Waals surface area (Å²) in [6.07, 6.45) is -0.666. The molecule has 5 heteroatoms. The van der Waals surface area contributed by atoms with Gasteiger partial charge in [0, 0.05) is 0 Å². The van der Waals surface area contributed by atoms with Crippen molar-refractivity contribution >= 4 is 11.6 Å². The van der Waals surface area contributed by atoms with Crippen LogP contribution in [0.1, 0.15) is 25.5 Å². The molecule has 0 bridgehead atoms. The van der Waals surface area contributed by atoms with Gasteiger partial charge in [-0.15, -0.1) is 0 Å². The quantitative estimate of drug-likeness (QED) is 0.864. The molecule has 0 aliphatic heterocycles. The summed E-state index contributed by atoms with van der Waals surface area (Å²) in [6, 6.07) is 2.92. The van der Waals surface area contributed by atoms with E-state index in [1.807, 2.05) is 13.8 Å². The molecule has 0 radical (unpaired) electrons. The number of aliphatic hydroxyl groups excluding tert-OH is 1. The van der Waals surface area contributed by atoms with Crippen molar-refractivity contribution in [2.75, 3.05) is 14.2 Å². The molecule has 102 valence electrons. The van der Waals surface area contributed by atoms with E-state index in [1.165, 1.54) is 14.2 Å². The third-order valence-electron chi connectivity index (χ3n) is 2.92. The maximum atomic E-state index is 10.0. The topological polar surface area (TPSA) is 64.7 Å². The van der Waals surface area contributed by atoms with E-state index < -0.39 is 12.1 Å². The van der Waals surface area contributed by atoms with E-state index in [1.54, 1.807) is 12.1 Å². The number of aliphatic hydroxyl groups is 1. The molecule has 0 aromatic heterocycles. The van der Waals surface area contributed by atoms with Gasteiger partial charge in [0.1, 0.15) is 0 Å². The third kappa shape index (κ3) is 2.88. The summed E-state index contributed by atoms with van der Waals surface area (Å²) < 4.78 is 10.4. The van der Waals surface area contributed by atoms with Gasteiger partial charge in [0.05, 0.1) is 31.4 Å². The van der Waals surface area contributed by atoms with Gasteiger partial charge in [0.2, 0.25) is 0 Å². The summed E-state index contributed by atoms with van der Waals surface area (Å²) in [5.41, 5.74) is 6.67. The van der Waals surface area contributed by atoms with Crippen LogP contribution in [0.5, 0.6) is 11.5 Å². The summed E-state index contributed by atoms with van der Waals surface area (Å²) >= 11 is 6.24. The lowest BCUT2D eigenvalue weighted by Gasteiger charge is -2.24. The largest absolute Gasteiger partial charge is 0.493 e. The smallest absolute Gasteiger partial charge is 0.179 e. The lowest BCUT2D eigenvalue weighted by Crippen LogP contribution is -2.30. The minimum Gasteiger partial charge on any atom is -0.493 e. The highest BCUT2D eigenvalue weighted by molar-refractivity contribution is 6.33. The maximum Gasteiger partial charge on any atom is 0.179 e. The van der Waals surface area contributed by atoms with E-state index in [-0.39, 0.29) is 5.92 Å². The molecule has 18 heavy (non-hydrogen) atoms. The first-order valence-electron chi connectivity index (χ1n) is 5.78. The van der Waals surface area contributed by atoms with Gasteiger partial charge in [-0.1, -0.05) is 31.5 Å². The Labute approximate surface area is 113 Å². The molecule has 0 aliphatic rings. The second-order valence-electron chi connectivity index (χ2n) is 4.46. The standard InChI is InChI=1S/C13H20ClNO3/c1-7(2)12(16)11(15)8-5-6-9(17-3)13(18-4)10(8)14/h5-7,11-12,16H,15H2,1-4H3/t11-,12+/m0/s1. The van der Waals surface area contributed by atoms with Crippen LogP contribution in [0.15, 0.2) is 12.1 Å². The average Bonchev–Trinajstić information content (AvgIpc) is 2.36. The summed E-state index contributed by atoms with van der Waals surface area (Å²) in [5, 5.41) is 10.4. The highest BCUT2D eigenvalue weighted by atomic mass is 35.5. The minimum absolute atomic E-state index is 0.0455. The number of ether oxygens (including phenoxy) is 2. The number of benzene rings is 1. The molecule has 1 rings (SSSR count). The molecule has 0 aliphatic carbocycles. The highest BCUT2D eigenvalue weighted by Crippen LogP contribution is 2.40. The van der Waals surface area contributed by atoms with Crippen molar-refractivity contribution < 1.29 is 14.6 Å². The number of methoxy groups -OCH3 is 2. The van der Waals surface area contributed by atoms with Crippen LogP contribution in [0.4, 0.5) is 0 Å². The molecule has 1 aromatic rings. The van der Waals surface area contributed by atoms with Crippen LogP contribution in [-0.4, -0.2) is 25.4 Å². The molecule has 0 saturated carbocycles. The first-order chi connectivity index (χ1) is 8.43. The van der Waals surface area contributed by atoms with E-state index in [0.29, 0.717) is 22.1 Å². The van der Waals surface area contributed by atoms with Gasteiger partial charge in [0.15, 0.2) is 11.5 Å². The van der Waals surface area contributed by atoms with Crippen molar-refractivity contribution in [2.45, 2.75) is 26.0 Å². The maximum absolute atomic E-state index is 10.0. The second-order valence-corrected chi connectivity index (χ2v) is 4.84. The van der Waals surface area contributed by atoms with Gasteiger partial charge >= 0.3 is 0 Å². The molecule has 0 spiro atoms. The van der Waals surface area contributed by atoms with E-state index in [2.05, 4.69) is 0 Å². The van der Waals surface area contributed by atoms with Crippen molar-refractivity contribution in [3.8, 4) is 11.5 Å². The van der Waals surface area contributed by atoms with Crippen molar-refractivity contribution in [1.82, 2.24) is 0 Å². The first kappa shape index (κ1) is 15.1. The Bertz CT molecular complexity index is 409. The van der Waals surface area contributed by atoms with Gasteiger partial charge in [-0.3, -0.25) is 0 Å². The van der Waals surface area contributed by atoms with Crippen LogP contribution >= 0.6 is 11.6 Å². The Hall–Kier alpha value is -0.970. The molecule has 2 atom stereocenters. The van der Waals surface area contributed by atoms with Gasteiger partial charge in [-0.25, -0.2) is 0 Å². The molecule has 0 unspecified atom stereocenters. The summed E-state index contributed by atoms with van der Waals surface area (Å²) in [4.78, 5) is 0. The normalized spacial score (nSPS) is 14.4. The van der Waals surface area contributed by atoms with Crippen LogP contribution in [0, 0.1) is 5.92 Å². The molecule has 0 fully saturated rings. The Morgan fingerprint density at radius 3 is 2.28 bits per heavy atom. The van der Waals surface area contributed by atoms with Gasteiger partial charge in [-0.05, 0) is 17.5 Å². The van der Waals surface area contributed by atoms with Crippen LogP contribution in [0.3, 0.4) is 0 Å². The molecule has 3 N–H and O–H groups in total. The van der Waals surface area contributed by atoms with E-state index >= 15 is 0 Å². The highest BCUT2D eigenvalue weighted by Gasteiger charge is 2.24. The average molecular weight is 274 g/mol. The second kappa shape index (κ2) is 6.27. The van der Waals surface area contributed by atoms with Crippen molar-refractivity contribution in [1.29, 1.82) is 0 Å². The number of halogens is 1. The molecular formula is C13H20ClNO3. The fourth-order valence-electron chi connectivity index (χ4n) is 1.76. The summed E-state index contributed by atoms with van der Waals surface area (Å²) in [5.74, 6) is 1.02. The molecular weight excluding hydrogens is 254 g/mol. The molecule has 1 aromatic carbocycles. The van der Waals surface area contributed by atoms with Crippen LogP contribution in [0.25, 0.3) is 0 Å². The summed E-state index contributed by atoms with van der Waals surface area (Å²) in [7, 11) is 3.05. The lowest BCUT2D eigenvalue weighted by molar-refractivity contribution is 0.0979. The SMILES string of the molecule is COc1ccc([C@H](N)[C@H](O)C(C)C)c(Cl)c1OC. The van der Waals surface area contributed by atoms with Gasteiger partial charge in [0.25, 0.3) is 0 Å². The van der Waals surface area contributed by atoms with Crippen molar-refractivity contribution in [3.63, 3.8) is 0 Å². The Morgan fingerprint density at radius 2 is 1.83 bits per heavy atom. The molecule has 4 nitrogen and oxygen atoms in total. The van der Waals surface area contributed by atoms with Gasteiger partial charge < -0.3 is 20.3 Å². The lowest BCUT2D eigenvalue weighted by atomic mass is 9.94. The Morgan fingerprint density at radius 1 is 1.22 bits per heavy atom. The third-order valence-corrected chi connectivity index (χ3v) is 3.31. The van der Waals surface area contributed by atoms with Crippen molar-refractivity contribution in [3.05, 3.63) is 22.7 Å². The predicted molar refractivity (Wildman–Crippen MR) is 72.3 cm³/mol. The Kier molecular flexibility index (Phi) is 5.26. The van der Waals surface area contributed by atoms with E-state index in [9.17, 15) is 5.11 Å². The zero-order valence-corrected chi connectivity index (χ0v) is 11.9. The van der Waals surface area contributed by atoms with Crippen LogP contribution in [-0.2, 0) is 0 Å². The fourth-order valence-corrected chi connectivity index (χ4v) is 2.12. The number of hydrogen-bond donors (Lipinski definition) is 2. The van der Waals surface area contributed by atoms with E-state index in [4.69, 9.17) is 26.8 Å². The Balaban J connectivity index is 3.18. The number of rotatable bonds is 5. The van der Waals surface area contributed by atoms with Crippen LogP contribution < -0.4 is 15.2 Å². The fraction of sp³-hybridized carbons (Fsp3) is 0.538. The zero-order valence-electron chi connectivity index (χ0n) is 11.1. The van der Waals surface area contributed by atoms with E-state index in [0.717, 1.165) is 0 Å². The molecule has 0 amide bonds. The van der Waals surface area contributed by atoms with Crippen LogP contribution in [0.2, 0.25) is 5.02 Å². The minimum atomic E-state index is -0.666. The summed E-state index contributed by atoms with van der Waals surface area (Å²) in [6.45, 7) is 3.80. The first-order valence-corrected chi connectivity index (χ1v) is 6.15. The monoisotopic (exact) mass is 273 g/mol. The zero-order chi connectivity index (χ0) is 13.9. The predicted octanol–water partition coefficient (Wildman–Crippen LogP) is 2.37. The van der Waals surface area contributed by atoms with Gasteiger partial charge in [-0.2, -0.15) is 0 Å². The number of hydrogen-bond acceptors (Lipinski definition) is 4. The molecule has 0 saturated heterocycles. The number of nitrogens with two attached hydrogens (primary N) is 1. The van der Waals surface area contributed by atoms with Crippen molar-refractivity contribution in [2.24, 2.45) is 11.7 Å².